The highest BCUT2D eigenvalue weighted by Crippen LogP contribution is 2.16. The maximum atomic E-state index is 12.3. The monoisotopic (exact) mass is 384 g/mol. The topological polar surface area (TPSA) is 75.2 Å². The van der Waals surface area contributed by atoms with Crippen molar-refractivity contribution in [3.05, 3.63) is 29.8 Å². The van der Waals surface area contributed by atoms with Crippen LogP contribution in [0.1, 0.15) is 26.3 Å². The largest absolute Gasteiger partial charge is 0.444 e. The van der Waals surface area contributed by atoms with E-state index in [2.05, 4.69) is 20.4 Å². The number of ether oxygens (including phenoxy) is 2. The Balaban J connectivity index is 1.77. The van der Waals surface area contributed by atoms with Gasteiger partial charge in [0.05, 0.1) is 6.04 Å². The fraction of sp³-hybridized carbons (Fsp3) is 0.556. The number of carbonyl (C=O) groups is 1. The molecular formula is C18H26F2N4O3. The number of hydrogen-bond donors (Lipinski definition) is 2. The molecule has 0 spiro atoms. The van der Waals surface area contributed by atoms with Crippen LogP contribution in [0.15, 0.2) is 29.3 Å². The lowest BCUT2D eigenvalue weighted by molar-refractivity contribution is -0.0498. The Hall–Kier alpha value is -2.58. The zero-order valence-corrected chi connectivity index (χ0v) is 16.0. The highest BCUT2D eigenvalue weighted by molar-refractivity contribution is 5.80. The number of hydrogen-bond acceptors (Lipinski definition) is 4. The van der Waals surface area contributed by atoms with Crippen LogP contribution < -0.4 is 15.4 Å². The Labute approximate surface area is 157 Å². The second kappa shape index (κ2) is 8.88. The molecule has 0 bridgehead atoms. The molecule has 0 aliphatic carbocycles. The van der Waals surface area contributed by atoms with Gasteiger partial charge >= 0.3 is 12.7 Å². The summed E-state index contributed by atoms with van der Waals surface area (Å²) in [5, 5.41) is 6.31. The van der Waals surface area contributed by atoms with E-state index >= 15 is 0 Å². The Bertz CT molecular complexity index is 671. The summed E-state index contributed by atoms with van der Waals surface area (Å²) in [5.41, 5.74) is 0.260. The maximum Gasteiger partial charge on any atom is 0.410 e. The number of nitrogens with one attached hydrogen (secondary N) is 2. The van der Waals surface area contributed by atoms with E-state index in [0.717, 1.165) is 5.56 Å². The molecule has 7 nitrogen and oxygen atoms in total. The Morgan fingerprint density at radius 2 is 2.07 bits per heavy atom. The summed E-state index contributed by atoms with van der Waals surface area (Å²) >= 11 is 0. The first-order valence-corrected chi connectivity index (χ1v) is 8.65. The summed E-state index contributed by atoms with van der Waals surface area (Å²) in [6.45, 7) is 4.06. The van der Waals surface area contributed by atoms with E-state index < -0.39 is 12.2 Å². The van der Waals surface area contributed by atoms with Gasteiger partial charge in [-0.25, -0.2) is 4.79 Å². The third-order valence-corrected chi connectivity index (χ3v) is 3.68. The standard InChI is InChI=1S/C18H26F2N4O3/c1-18(2,3)27-17(25)24-10-13(11-24)23-16(21-4)22-9-12-6-5-7-14(8-12)26-15(19)20/h5-8,13,15H,9-11H2,1-4H3,(H2,21,22,23). The van der Waals surface area contributed by atoms with Gasteiger partial charge in [0.1, 0.15) is 11.4 Å². The predicted octanol–water partition coefficient (Wildman–Crippen LogP) is 2.57. The van der Waals surface area contributed by atoms with Crippen LogP contribution in [0.25, 0.3) is 0 Å². The molecule has 1 aliphatic rings. The van der Waals surface area contributed by atoms with E-state index in [1.807, 2.05) is 20.8 Å². The molecule has 1 fully saturated rings. The normalized spacial score (nSPS) is 15.4. The van der Waals surface area contributed by atoms with Gasteiger partial charge < -0.3 is 25.0 Å². The van der Waals surface area contributed by atoms with Gasteiger partial charge in [-0.05, 0) is 38.5 Å². The van der Waals surface area contributed by atoms with E-state index in [1.165, 1.54) is 6.07 Å². The van der Waals surface area contributed by atoms with Gasteiger partial charge in [0, 0.05) is 26.7 Å². The van der Waals surface area contributed by atoms with Crippen LogP contribution in [0.5, 0.6) is 5.75 Å². The number of rotatable bonds is 5. The summed E-state index contributed by atoms with van der Waals surface area (Å²) < 4.78 is 34.3. The van der Waals surface area contributed by atoms with Crippen molar-refractivity contribution in [2.75, 3.05) is 20.1 Å². The predicted molar refractivity (Wildman–Crippen MR) is 98.0 cm³/mol. The molecule has 0 aromatic heterocycles. The van der Waals surface area contributed by atoms with Crippen LogP contribution in [0.3, 0.4) is 0 Å². The number of benzene rings is 1. The van der Waals surface area contributed by atoms with Gasteiger partial charge in [-0.3, -0.25) is 4.99 Å². The van der Waals surface area contributed by atoms with Crippen LogP contribution in [0.2, 0.25) is 0 Å². The number of halogens is 2. The number of amides is 1. The van der Waals surface area contributed by atoms with E-state index in [1.54, 1.807) is 30.1 Å². The molecule has 9 heteroatoms. The molecule has 2 N–H and O–H groups in total. The van der Waals surface area contributed by atoms with Crippen LogP contribution in [0.4, 0.5) is 13.6 Å². The number of nitrogens with zero attached hydrogens (tertiary/aromatic N) is 2. The van der Waals surface area contributed by atoms with Crippen LogP contribution in [-0.2, 0) is 11.3 Å². The minimum Gasteiger partial charge on any atom is -0.444 e. The Morgan fingerprint density at radius 1 is 1.37 bits per heavy atom. The first-order valence-electron chi connectivity index (χ1n) is 8.65. The van der Waals surface area contributed by atoms with E-state index in [9.17, 15) is 13.6 Å². The smallest absolute Gasteiger partial charge is 0.410 e. The van der Waals surface area contributed by atoms with Crippen LogP contribution >= 0.6 is 0 Å². The van der Waals surface area contributed by atoms with Crippen molar-refractivity contribution < 1.29 is 23.0 Å². The third kappa shape index (κ3) is 6.92. The minimum absolute atomic E-state index is 0.0669. The van der Waals surface area contributed by atoms with Crippen molar-refractivity contribution >= 4 is 12.1 Å². The van der Waals surface area contributed by atoms with Crippen molar-refractivity contribution in [3.63, 3.8) is 0 Å². The molecule has 150 valence electrons. The molecule has 0 radical (unpaired) electrons. The lowest BCUT2D eigenvalue weighted by Crippen LogP contribution is -2.63. The molecule has 27 heavy (non-hydrogen) atoms. The Kier molecular flexibility index (Phi) is 6.81. The number of alkyl halides is 2. The summed E-state index contributed by atoms with van der Waals surface area (Å²) in [6, 6.07) is 6.53. The van der Waals surface area contributed by atoms with Crippen molar-refractivity contribution in [3.8, 4) is 5.75 Å². The van der Waals surface area contributed by atoms with Crippen molar-refractivity contribution in [2.45, 2.75) is 45.6 Å². The molecule has 1 aliphatic heterocycles. The third-order valence-electron chi connectivity index (χ3n) is 3.68. The summed E-state index contributed by atoms with van der Waals surface area (Å²) in [6.07, 6.45) is -0.334. The summed E-state index contributed by atoms with van der Waals surface area (Å²) in [4.78, 5) is 17.7. The summed E-state index contributed by atoms with van der Waals surface area (Å²) in [7, 11) is 1.63. The first-order chi connectivity index (χ1) is 12.7. The molecule has 2 rings (SSSR count). The van der Waals surface area contributed by atoms with Gasteiger partial charge in [0.2, 0.25) is 0 Å². The summed E-state index contributed by atoms with van der Waals surface area (Å²) in [5.74, 6) is 0.670. The first kappa shape index (κ1) is 20.7. The zero-order chi connectivity index (χ0) is 20.0. The number of likely N-dealkylation sites (tertiary alicyclic amines) is 1. The SMILES string of the molecule is CN=C(NCc1cccc(OC(F)F)c1)NC1CN(C(=O)OC(C)(C)C)C1. The van der Waals surface area contributed by atoms with Gasteiger partial charge in [0.15, 0.2) is 5.96 Å². The van der Waals surface area contributed by atoms with E-state index in [-0.39, 0.29) is 17.9 Å². The van der Waals surface area contributed by atoms with E-state index in [4.69, 9.17) is 4.74 Å². The van der Waals surface area contributed by atoms with Gasteiger partial charge in [-0.15, -0.1) is 0 Å². The number of guanidine groups is 1. The van der Waals surface area contributed by atoms with Gasteiger partial charge in [0.25, 0.3) is 0 Å². The second-order valence-electron chi connectivity index (χ2n) is 7.18. The highest BCUT2D eigenvalue weighted by atomic mass is 19.3. The molecule has 1 amide bonds. The lowest BCUT2D eigenvalue weighted by atomic mass is 10.1. The number of carbonyl (C=O) groups excluding carboxylic acids is 1. The second-order valence-corrected chi connectivity index (χ2v) is 7.18. The van der Waals surface area contributed by atoms with Crippen molar-refractivity contribution in [2.24, 2.45) is 4.99 Å². The zero-order valence-electron chi connectivity index (χ0n) is 16.0. The molecular weight excluding hydrogens is 358 g/mol. The van der Waals surface area contributed by atoms with Crippen LogP contribution in [0, 0.1) is 0 Å². The molecule has 1 aromatic carbocycles. The highest BCUT2D eigenvalue weighted by Gasteiger charge is 2.34. The maximum absolute atomic E-state index is 12.3. The minimum atomic E-state index is -2.85. The molecule has 1 saturated heterocycles. The molecule has 1 heterocycles. The molecule has 1 aromatic rings. The van der Waals surface area contributed by atoms with Gasteiger partial charge in [-0.2, -0.15) is 8.78 Å². The fourth-order valence-electron chi connectivity index (χ4n) is 2.45. The van der Waals surface area contributed by atoms with Gasteiger partial charge in [-0.1, -0.05) is 12.1 Å². The molecule has 0 saturated carbocycles. The molecule has 0 unspecified atom stereocenters. The van der Waals surface area contributed by atoms with Crippen molar-refractivity contribution in [1.29, 1.82) is 0 Å². The number of aliphatic imine (C=N–C) groups is 1. The fourth-order valence-corrected chi connectivity index (χ4v) is 2.45. The Morgan fingerprint density at radius 3 is 2.67 bits per heavy atom. The van der Waals surface area contributed by atoms with E-state index in [0.29, 0.717) is 25.6 Å². The lowest BCUT2D eigenvalue weighted by Gasteiger charge is -2.40. The van der Waals surface area contributed by atoms with Crippen LogP contribution in [-0.4, -0.2) is 55.3 Å². The molecule has 0 atom stereocenters. The average molecular weight is 384 g/mol. The average Bonchev–Trinajstić information content (AvgIpc) is 2.51. The quantitative estimate of drug-likeness (QED) is 0.603. The van der Waals surface area contributed by atoms with Crippen molar-refractivity contribution in [1.82, 2.24) is 15.5 Å².